The van der Waals surface area contributed by atoms with E-state index in [1.165, 1.54) is 4.90 Å². The van der Waals surface area contributed by atoms with Crippen molar-refractivity contribution in [3.05, 3.63) is 23.8 Å². The summed E-state index contributed by atoms with van der Waals surface area (Å²) < 4.78 is 10.5. The molecule has 0 saturated carbocycles. The number of hydrogen-bond acceptors (Lipinski definition) is 5. The number of rotatable bonds is 3. The summed E-state index contributed by atoms with van der Waals surface area (Å²) in [6, 6.07) is 5.04. The fourth-order valence-corrected chi connectivity index (χ4v) is 2.54. The number of nitrogens with zero attached hydrogens (tertiary/aromatic N) is 2. The number of amides is 2. The summed E-state index contributed by atoms with van der Waals surface area (Å²) in [4.78, 5) is 27.8. The monoisotopic (exact) mass is 305 g/mol. The predicted octanol–water partition coefficient (Wildman–Crippen LogP) is -0.0809. The highest BCUT2D eigenvalue weighted by molar-refractivity contribution is 5.97. The highest BCUT2D eigenvalue weighted by atomic mass is 16.7. The highest BCUT2D eigenvalue weighted by Crippen LogP contribution is 2.32. The fraction of sp³-hybridized carbons (Fsp3) is 0.467. The lowest BCUT2D eigenvalue weighted by Gasteiger charge is -2.29. The van der Waals surface area contributed by atoms with Gasteiger partial charge in [-0.3, -0.25) is 9.59 Å². The lowest BCUT2D eigenvalue weighted by atomic mass is 10.2. The first-order valence-electron chi connectivity index (χ1n) is 7.29. The van der Waals surface area contributed by atoms with Gasteiger partial charge in [-0.25, -0.2) is 0 Å². The van der Waals surface area contributed by atoms with Crippen LogP contribution in [0.2, 0.25) is 0 Å². The van der Waals surface area contributed by atoms with Gasteiger partial charge in [-0.15, -0.1) is 0 Å². The van der Waals surface area contributed by atoms with Gasteiger partial charge in [0.05, 0.1) is 6.54 Å². The van der Waals surface area contributed by atoms with E-state index < -0.39 is 0 Å². The summed E-state index contributed by atoms with van der Waals surface area (Å²) in [6.07, 6.45) is 0. The van der Waals surface area contributed by atoms with Crippen LogP contribution in [0.1, 0.15) is 10.4 Å². The molecule has 2 aliphatic rings. The summed E-state index contributed by atoms with van der Waals surface area (Å²) in [5.74, 6) is 0.962. The molecule has 1 saturated heterocycles. The molecule has 1 aromatic rings. The van der Waals surface area contributed by atoms with Gasteiger partial charge in [-0.05, 0) is 18.2 Å². The number of piperazine rings is 1. The van der Waals surface area contributed by atoms with Crippen molar-refractivity contribution < 1.29 is 19.1 Å². The Morgan fingerprint density at radius 2 is 1.95 bits per heavy atom. The Labute approximate surface area is 128 Å². The number of likely N-dealkylation sites (N-methyl/N-ethyl adjacent to an activating group) is 1. The summed E-state index contributed by atoms with van der Waals surface area (Å²) in [5, 5.41) is 3.20. The van der Waals surface area contributed by atoms with E-state index in [1.54, 1.807) is 30.1 Å². The molecule has 0 atom stereocenters. The van der Waals surface area contributed by atoms with Gasteiger partial charge in [-0.2, -0.15) is 0 Å². The summed E-state index contributed by atoms with van der Waals surface area (Å²) >= 11 is 0. The Bertz CT molecular complexity index is 584. The van der Waals surface area contributed by atoms with E-state index in [9.17, 15) is 9.59 Å². The van der Waals surface area contributed by atoms with Crippen molar-refractivity contribution in [1.82, 2.24) is 15.1 Å². The largest absolute Gasteiger partial charge is 0.454 e. The molecule has 2 heterocycles. The van der Waals surface area contributed by atoms with Crippen molar-refractivity contribution >= 4 is 11.8 Å². The first-order valence-corrected chi connectivity index (χ1v) is 7.29. The van der Waals surface area contributed by atoms with Crippen molar-refractivity contribution in [1.29, 1.82) is 0 Å². The van der Waals surface area contributed by atoms with Gasteiger partial charge in [0, 0.05) is 38.8 Å². The molecular weight excluding hydrogens is 286 g/mol. The first kappa shape index (κ1) is 14.6. The van der Waals surface area contributed by atoms with Gasteiger partial charge in [0.15, 0.2) is 11.5 Å². The van der Waals surface area contributed by atoms with E-state index in [2.05, 4.69) is 5.32 Å². The molecule has 0 aliphatic carbocycles. The number of hydrogen-bond donors (Lipinski definition) is 1. The predicted molar refractivity (Wildman–Crippen MR) is 79.0 cm³/mol. The maximum absolute atomic E-state index is 12.4. The molecule has 0 bridgehead atoms. The molecule has 2 aliphatic heterocycles. The van der Waals surface area contributed by atoms with E-state index in [0.29, 0.717) is 30.2 Å². The second kappa shape index (κ2) is 6.23. The van der Waals surface area contributed by atoms with E-state index in [4.69, 9.17) is 9.47 Å². The molecule has 7 nitrogen and oxygen atoms in total. The number of nitrogens with one attached hydrogen (secondary N) is 1. The van der Waals surface area contributed by atoms with Gasteiger partial charge in [0.2, 0.25) is 12.7 Å². The zero-order valence-corrected chi connectivity index (χ0v) is 12.5. The minimum Gasteiger partial charge on any atom is -0.454 e. The summed E-state index contributed by atoms with van der Waals surface area (Å²) in [6.45, 7) is 3.21. The molecule has 22 heavy (non-hydrogen) atoms. The number of benzene rings is 1. The van der Waals surface area contributed by atoms with Crippen molar-refractivity contribution in [2.24, 2.45) is 0 Å². The van der Waals surface area contributed by atoms with Crippen molar-refractivity contribution in [3.8, 4) is 11.5 Å². The Balaban J connectivity index is 1.62. The normalized spacial score (nSPS) is 16.5. The molecule has 1 N–H and O–H groups in total. The molecule has 0 radical (unpaired) electrons. The lowest BCUT2D eigenvalue weighted by Crippen LogP contribution is -2.49. The SMILES string of the molecule is CN(CC(=O)N1CCNCC1)C(=O)c1ccc2c(c1)OCO2. The molecular formula is C15H19N3O4. The van der Waals surface area contributed by atoms with Crippen LogP contribution in [0.15, 0.2) is 18.2 Å². The van der Waals surface area contributed by atoms with Gasteiger partial charge >= 0.3 is 0 Å². The molecule has 118 valence electrons. The van der Waals surface area contributed by atoms with E-state index >= 15 is 0 Å². The average molecular weight is 305 g/mol. The minimum atomic E-state index is -0.207. The van der Waals surface area contributed by atoms with Crippen LogP contribution in [0.3, 0.4) is 0 Å². The number of fused-ring (bicyclic) bond motifs is 1. The van der Waals surface area contributed by atoms with Crippen molar-refractivity contribution in [2.45, 2.75) is 0 Å². The van der Waals surface area contributed by atoms with Gasteiger partial charge in [0.25, 0.3) is 5.91 Å². The van der Waals surface area contributed by atoms with E-state index in [1.807, 2.05) is 0 Å². The third-order valence-electron chi connectivity index (χ3n) is 3.81. The molecule has 0 spiro atoms. The number of carbonyl (C=O) groups is 2. The van der Waals surface area contributed by atoms with Crippen LogP contribution in [-0.4, -0.2) is 68.2 Å². The van der Waals surface area contributed by atoms with E-state index in [0.717, 1.165) is 13.1 Å². The maximum Gasteiger partial charge on any atom is 0.254 e. The first-order chi connectivity index (χ1) is 10.6. The third kappa shape index (κ3) is 2.99. The quantitative estimate of drug-likeness (QED) is 0.846. The number of ether oxygens (including phenoxy) is 2. The van der Waals surface area contributed by atoms with Crippen molar-refractivity contribution in [3.63, 3.8) is 0 Å². The summed E-state index contributed by atoms with van der Waals surface area (Å²) in [7, 11) is 1.63. The Morgan fingerprint density at radius 3 is 2.73 bits per heavy atom. The second-order valence-electron chi connectivity index (χ2n) is 5.36. The standard InChI is InChI=1S/C15H19N3O4/c1-17(9-14(19)18-6-4-16-5-7-18)15(20)11-2-3-12-13(8-11)22-10-21-12/h2-3,8,16H,4-7,9-10H2,1H3. The zero-order valence-electron chi connectivity index (χ0n) is 12.5. The van der Waals surface area contributed by atoms with Crippen LogP contribution in [0, 0.1) is 0 Å². The smallest absolute Gasteiger partial charge is 0.254 e. The Morgan fingerprint density at radius 1 is 1.23 bits per heavy atom. The molecule has 0 unspecified atom stereocenters. The van der Waals surface area contributed by atoms with Crippen LogP contribution >= 0.6 is 0 Å². The zero-order chi connectivity index (χ0) is 15.5. The molecule has 1 fully saturated rings. The van der Waals surface area contributed by atoms with Crippen LogP contribution in [0.5, 0.6) is 11.5 Å². The molecule has 2 amide bonds. The Kier molecular flexibility index (Phi) is 4.15. The summed E-state index contributed by atoms with van der Waals surface area (Å²) in [5.41, 5.74) is 0.486. The Hall–Kier alpha value is -2.28. The van der Waals surface area contributed by atoms with Crippen molar-refractivity contribution in [2.75, 3.05) is 46.6 Å². The highest BCUT2D eigenvalue weighted by Gasteiger charge is 2.22. The molecule has 7 heteroatoms. The number of carbonyl (C=O) groups excluding carboxylic acids is 2. The van der Waals surface area contributed by atoms with Gasteiger partial charge in [-0.1, -0.05) is 0 Å². The van der Waals surface area contributed by atoms with Gasteiger partial charge in [0.1, 0.15) is 0 Å². The maximum atomic E-state index is 12.4. The fourth-order valence-electron chi connectivity index (χ4n) is 2.54. The van der Waals surface area contributed by atoms with Crippen LogP contribution in [-0.2, 0) is 4.79 Å². The third-order valence-corrected chi connectivity index (χ3v) is 3.81. The van der Waals surface area contributed by atoms with Crippen LogP contribution in [0.4, 0.5) is 0 Å². The topological polar surface area (TPSA) is 71.1 Å². The molecule has 3 rings (SSSR count). The average Bonchev–Trinajstić information content (AvgIpc) is 3.02. The molecule has 1 aromatic carbocycles. The van der Waals surface area contributed by atoms with Crippen LogP contribution in [0.25, 0.3) is 0 Å². The minimum absolute atomic E-state index is 0.0295. The van der Waals surface area contributed by atoms with Crippen LogP contribution < -0.4 is 14.8 Å². The molecule has 0 aromatic heterocycles. The second-order valence-corrected chi connectivity index (χ2v) is 5.36. The van der Waals surface area contributed by atoms with E-state index in [-0.39, 0.29) is 25.2 Å². The van der Waals surface area contributed by atoms with Gasteiger partial charge < -0.3 is 24.6 Å². The lowest BCUT2D eigenvalue weighted by molar-refractivity contribution is -0.132.